The van der Waals surface area contributed by atoms with Crippen LogP contribution in [-0.4, -0.2) is 46.7 Å². The minimum absolute atomic E-state index is 0.00441. The van der Waals surface area contributed by atoms with Gasteiger partial charge in [0.15, 0.2) is 0 Å². The molecule has 7 heteroatoms. The van der Waals surface area contributed by atoms with E-state index in [1.807, 2.05) is 41.5 Å². The van der Waals surface area contributed by atoms with E-state index < -0.39 is 11.3 Å². The summed E-state index contributed by atoms with van der Waals surface area (Å²) in [6, 6.07) is -0.594. The Morgan fingerprint density at radius 2 is 1.48 bits per heavy atom. The summed E-state index contributed by atoms with van der Waals surface area (Å²) >= 11 is 1.24. The molecular formula is C16H33N3O3S. The number of rotatable bonds is 9. The smallest absolute Gasteiger partial charge is 0.233 e. The second kappa shape index (κ2) is 13.4. The molecule has 6 nitrogen and oxygen atoms in total. The molecule has 2 atom stereocenters. The van der Waals surface area contributed by atoms with Crippen LogP contribution in [0.15, 0.2) is 0 Å². The topological polar surface area (TPSA) is 101 Å². The van der Waals surface area contributed by atoms with Crippen LogP contribution in [-0.2, 0) is 14.4 Å². The van der Waals surface area contributed by atoms with Crippen LogP contribution in [0, 0.1) is 0 Å². The zero-order valence-electron chi connectivity index (χ0n) is 15.4. The van der Waals surface area contributed by atoms with E-state index >= 15 is 0 Å². The second-order valence-corrected chi connectivity index (χ2v) is 6.86. The average molecular weight is 348 g/mol. The molecule has 2 amide bonds. The van der Waals surface area contributed by atoms with Crippen LogP contribution in [0.25, 0.3) is 0 Å². The molecular weight excluding hydrogens is 314 g/mol. The third kappa shape index (κ3) is 13.1. The molecule has 23 heavy (non-hydrogen) atoms. The largest absolute Gasteiger partial charge is 0.354 e. The molecule has 0 saturated carbocycles. The van der Waals surface area contributed by atoms with Crippen LogP contribution >= 0.6 is 11.8 Å². The lowest BCUT2D eigenvalue weighted by Crippen LogP contribution is -2.42. The van der Waals surface area contributed by atoms with E-state index in [2.05, 4.69) is 10.6 Å². The fourth-order valence-electron chi connectivity index (χ4n) is 1.49. The monoisotopic (exact) mass is 347 g/mol. The van der Waals surface area contributed by atoms with Gasteiger partial charge >= 0.3 is 0 Å². The fraction of sp³-hybridized carbons (Fsp3) is 0.812. The molecule has 4 N–H and O–H groups in total. The Morgan fingerprint density at radius 1 is 1.00 bits per heavy atom. The van der Waals surface area contributed by atoms with Gasteiger partial charge in [0.25, 0.3) is 0 Å². The summed E-state index contributed by atoms with van der Waals surface area (Å²) in [5, 5.41) is 5.01. The lowest BCUT2D eigenvalue weighted by Gasteiger charge is -2.19. The molecule has 0 fully saturated rings. The van der Waals surface area contributed by atoms with Crippen molar-refractivity contribution < 1.29 is 14.4 Å². The summed E-state index contributed by atoms with van der Waals surface area (Å²) in [6.07, 6.45) is 0.0754. The highest BCUT2D eigenvalue weighted by Crippen LogP contribution is 2.16. The molecule has 0 aliphatic rings. The molecule has 136 valence electrons. The van der Waals surface area contributed by atoms with Crippen LogP contribution in [0.1, 0.15) is 54.9 Å². The van der Waals surface area contributed by atoms with Gasteiger partial charge in [-0.05, 0) is 34.6 Å². The summed E-state index contributed by atoms with van der Waals surface area (Å²) in [6.45, 7) is 12.9. The van der Waals surface area contributed by atoms with Gasteiger partial charge in [-0.15, -0.1) is 11.8 Å². The predicted octanol–water partition coefficient (Wildman–Crippen LogP) is 1.47. The van der Waals surface area contributed by atoms with Gasteiger partial charge in [-0.1, -0.05) is 13.8 Å². The predicted molar refractivity (Wildman–Crippen MR) is 97.4 cm³/mol. The van der Waals surface area contributed by atoms with Crippen molar-refractivity contribution in [1.82, 2.24) is 10.6 Å². The maximum atomic E-state index is 12.1. The van der Waals surface area contributed by atoms with Crippen molar-refractivity contribution in [2.24, 2.45) is 5.73 Å². The van der Waals surface area contributed by atoms with Gasteiger partial charge in [-0.3, -0.25) is 14.4 Å². The number of hydrogen-bond acceptors (Lipinski definition) is 5. The minimum atomic E-state index is -0.613. The van der Waals surface area contributed by atoms with Crippen LogP contribution in [0.3, 0.4) is 0 Å². The van der Waals surface area contributed by atoms with Crippen LogP contribution in [0.5, 0.6) is 0 Å². The SMILES string of the molecule is CC.CC(=O)C(N)CSC(CC(=O)NC(C)C)C(=O)NC(C)C. The standard InChI is InChI=1S/C14H27N3O3S.C2H6/c1-8(2)16-13(19)6-12(14(20)17-9(3)4)21-7-11(15)10(5)18;1-2/h8-9,11-12H,6-7,15H2,1-5H3,(H,16,19)(H,17,20);1-2H3. The Labute approximate surface area is 144 Å². The van der Waals surface area contributed by atoms with Crippen molar-refractivity contribution in [2.45, 2.75) is 78.3 Å². The van der Waals surface area contributed by atoms with Crippen molar-refractivity contribution in [2.75, 3.05) is 5.75 Å². The number of carbonyl (C=O) groups is 3. The van der Waals surface area contributed by atoms with Gasteiger partial charge in [0, 0.05) is 24.3 Å². The van der Waals surface area contributed by atoms with Crippen LogP contribution in [0.2, 0.25) is 0 Å². The molecule has 0 heterocycles. The highest BCUT2D eigenvalue weighted by Gasteiger charge is 2.24. The molecule has 0 saturated heterocycles. The number of carbonyl (C=O) groups excluding carboxylic acids is 3. The number of hydrogen-bond donors (Lipinski definition) is 3. The van der Waals surface area contributed by atoms with Gasteiger partial charge in [-0.2, -0.15) is 0 Å². The number of nitrogens with one attached hydrogen (secondary N) is 2. The number of nitrogens with two attached hydrogens (primary N) is 1. The van der Waals surface area contributed by atoms with Crippen LogP contribution < -0.4 is 16.4 Å². The minimum Gasteiger partial charge on any atom is -0.354 e. The molecule has 2 unspecified atom stereocenters. The lowest BCUT2D eigenvalue weighted by molar-refractivity contribution is -0.126. The third-order valence-electron chi connectivity index (χ3n) is 2.54. The van der Waals surface area contributed by atoms with Gasteiger partial charge in [0.05, 0.1) is 11.3 Å². The quantitative estimate of drug-likeness (QED) is 0.586. The summed E-state index contributed by atoms with van der Waals surface area (Å²) in [5.41, 5.74) is 5.68. The number of thioether (sulfide) groups is 1. The Morgan fingerprint density at radius 3 is 1.87 bits per heavy atom. The molecule has 0 rings (SSSR count). The molecule has 0 radical (unpaired) electrons. The van der Waals surface area contributed by atoms with Crippen molar-refractivity contribution in [3.63, 3.8) is 0 Å². The molecule has 0 bridgehead atoms. The molecule has 0 spiro atoms. The van der Waals surface area contributed by atoms with Gasteiger partial charge in [0.2, 0.25) is 11.8 Å². The highest BCUT2D eigenvalue weighted by molar-refractivity contribution is 8.00. The van der Waals surface area contributed by atoms with Gasteiger partial charge < -0.3 is 16.4 Å². The van der Waals surface area contributed by atoms with Crippen molar-refractivity contribution in [3.8, 4) is 0 Å². The zero-order chi connectivity index (χ0) is 18.6. The van der Waals surface area contributed by atoms with Crippen molar-refractivity contribution in [1.29, 1.82) is 0 Å². The maximum absolute atomic E-state index is 12.1. The average Bonchev–Trinajstić information content (AvgIpc) is 2.43. The maximum Gasteiger partial charge on any atom is 0.233 e. The van der Waals surface area contributed by atoms with E-state index in [0.717, 1.165) is 0 Å². The lowest BCUT2D eigenvalue weighted by atomic mass is 10.2. The molecule has 0 aliphatic heterocycles. The van der Waals surface area contributed by atoms with Crippen LogP contribution in [0.4, 0.5) is 0 Å². The first kappa shape index (κ1) is 24.2. The molecule has 0 aromatic rings. The number of Topliss-reactive ketones (excluding diaryl/α,β-unsaturated/α-hetero) is 1. The Hall–Kier alpha value is -1.08. The number of ketones is 1. The second-order valence-electron chi connectivity index (χ2n) is 5.63. The number of amides is 2. The van der Waals surface area contributed by atoms with E-state index in [4.69, 9.17) is 5.73 Å². The Bertz CT molecular complexity index is 374. The molecule has 0 aromatic heterocycles. The first-order valence-corrected chi connectivity index (χ1v) is 9.15. The Kier molecular flexibility index (Phi) is 14.1. The van der Waals surface area contributed by atoms with Gasteiger partial charge in [-0.25, -0.2) is 0 Å². The highest BCUT2D eigenvalue weighted by atomic mass is 32.2. The van der Waals surface area contributed by atoms with E-state index in [9.17, 15) is 14.4 Å². The molecule has 0 aliphatic carbocycles. The summed E-state index contributed by atoms with van der Waals surface area (Å²) in [5.74, 6) is -0.194. The van der Waals surface area contributed by atoms with E-state index in [-0.39, 0.29) is 36.1 Å². The summed E-state index contributed by atoms with van der Waals surface area (Å²) in [7, 11) is 0. The fourth-order valence-corrected chi connectivity index (χ4v) is 2.65. The first-order chi connectivity index (χ1) is 10.6. The first-order valence-electron chi connectivity index (χ1n) is 8.10. The van der Waals surface area contributed by atoms with Crippen molar-refractivity contribution >= 4 is 29.4 Å². The summed E-state index contributed by atoms with van der Waals surface area (Å²) in [4.78, 5) is 35.1. The third-order valence-corrected chi connectivity index (χ3v) is 3.88. The normalized spacial score (nSPS) is 13.0. The van der Waals surface area contributed by atoms with Crippen molar-refractivity contribution in [3.05, 3.63) is 0 Å². The van der Waals surface area contributed by atoms with Gasteiger partial charge in [0.1, 0.15) is 5.78 Å². The van der Waals surface area contributed by atoms with E-state index in [1.54, 1.807) is 0 Å². The Balaban J connectivity index is 0. The van der Waals surface area contributed by atoms with E-state index in [0.29, 0.717) is 5.75 Å². The molecule has 0 aromatic carbocycles. The van der Waals surface area contributed by atoms with E-state index in [1.165, 1.54) is 18.7 Å². The zero-order valence-corrected chi connectivity index (χ0v) is 16.3. The summed E-state index contributed by atoms with van der Waals surface area (Å²) < 4.78 is 0.